The monoisotopic (exact) mass is 493 g/mol. The minimum Gasteiger partial charge on any atom is -0.392 e. The van der Waals surface area contributed by atoms with E-state index in [2.05, 4.69) is 27.8 Å². The molecule has 0 amide bonds. The number of aromatic nitrogens is 5. The molecular formula is C32H23N5O. The molecule has 38 heavy (non-hydrogen) atoms. The summed E-state index contributed by atoms with van der Waals surface area (Å²) in [6.07, 6.45) is 9.79. The zero-order chi connectivity index (χ0) is 25.5. The van der Waals surface area contributed by atoms with Crippen LogP contribution in [0.5, 0.6) is 0 Å². The van der Waals surface area contributed by atoms with Gasteiger partial charge in [-0.15, -0.1) is 0 Å². The maximum Gasteiger partial charge on any atom is 0.137 e. The molecule has 2 N–H and O–H groups in total. The second kappa shape index (κ2) is 9.10. The summed E-state index contributed by atoms with van der Waals surface area (Å²) >= 11 is 0. The van der Waals surface area contributed by atoms with Gasteiger partial charge >= 0.3 is 0 Å². The summed E-state index contributed by atoms with van der Waals surface area (Å²) in [6, 6.07) is 28.2. The highest BCUT2D eigenvalue weighted by molar-refractivity contribution is 5.94. The van der Waals surface area contributed by atoms with Gasteiger partial charge in [0.25, 0.3) is 0 Å². The largest absolute Gasteiger partial charge is 0.392 e. The molecule has 8 bridgehead atoms. The smallest absolute Gasteiger partial charge is 0.137 e. The lowest BCUT2D eigenvalue weighted by Gasteiger charge is -2.06. The molecular weight excluding hydrogens is 470 g/mol. The normalized spacial score (nSPS) is 12.2. The van der Waals surface area contributed by atoms with Gasteiger partial charge in [-0.25, -0.2) is 15.0 Å². The van der Waals surface area contributed by atoms with E-state index in [1.165, 1.54) is 0 Å². The molecule has 182 valence electrons. The minimum atomic E-state index is -0.144. The molecule has 1 aromatic carbocycles. The Hall–Kier alpha value is -5.07. The lowest BCUT2D eigenvalue weighted by Crippen LogP contribution is -1.97. The van der Waals surface area contributed by atoms with Crippen LogP contribution in [0, 0.1) is 0 Å². The number of aromatic amines is 1. The van der Waals surface area contributed by atoms with Gasteiger partial charge in [0.2, 0.25) is 0 Å². The van der Waals surface area contributed by atoms with Gasteiger partial charge in [0.15, 0.2) is 0 Å². The van der Waals surface area contributed by atoms with Gasteiger partial charge in [-0.1, -0.05) is 36.4 Å². The summed E-state index contributed by atoms with van der Waals surface area (Å²) in [7, 11) is 0. The van der Waals surface area contributed by atoms with E-state index in [1.54, 1.807) is 6.20 Å². The van der Waals surface area contributed by atoms with Crippen LogP contribution in [0.15, 0.2) is 91.1 Å². The van der Waals surface area contributed by atoms with Crippen molar-refractivity contribution in [2.45, 2.75) is 6.61 Å². The molecule has 0 spiro atoms. The highest BCUT2D eigenvalue weighted by Gasteiger charge is 2.20. The molecule has 0 saturated heterocycles. The van der Waals surface area contributed by atoms with Crippen LogP contribution in [0.2, 0.25) is 0 Å². The molecule has 5 aromatic rings. The number of hydrogen-bond donors (Lipinski definition) is 2. The first kappa shape index (κ1) is 22.2. The quantitative estimate of drug-likeness (QED) is 0.288. The van der Waals surface area contributed by atoms with Crippen molar-refractivity contribution in [1.82, 2.24) is 24.5 Å². The van der Waals surface area contributed by atoms with Crippen LogP contribution in [0.1, 0.15) is 28.3 Å². The van der Waals surface area contributed by atoms with E-state index in [0.29, 0.717) is 0 Å². The second-order valence-electron chi connectivity index (χ2n) is 9.21. The molecule has 0 unspecified atom stereocenters. The van der Waals surface area contributed by atoms with E-state index < -0.39 is 0 Å². The lowest BCUT2D eigenvalue weighted by molar-refractivity contribution is 0.284. The number of nitrogens with zero attached hydrogens (tertiary/aromatic N) is 4. The molecule has 6 heteroatoms. The van der Waals surface area contributed by atoms with E-state index in [0.717, 1.165) is 67.4 Å². The Kier molecular flexibility index (Phi) is 5.31. The molecule has 0 saturated carbocycles. The number of rotatable bonds is 3. The standard InChI is InChI=1S/C32H23N5O/c38-20-28-29-18-26-13-11-24(35-26)16-22-9-10-23(34-22)17-25-12-14-27(36-25)19-30(32(28)21-6-2-1-3-7-21)37(29)31-8-4-5-15-33-31/h1-19,34,38H,20H2. The third-order valence-corrected chi connectivity index (χ3v) is 6.72. The molecule has 0 aliphatic carbocycles. The first-order valence-electron chi connectivity index (χ1n) is 12.5. The predicted molar refractivity (Wildman–Crippen MR) is 153 cm³/mol. The predicted octanol–water partition coefficient (Wildman–Crippen LogP) is 6.67. The fourth-order valence-electron chi connectivity index (χ4n) is 5.07. The van der Waals surface area contributed by atoms with Crippen molar-refractivity contribution in [2.24, 2.45) is 0 Å². The van der Waals surface area contributed by atoms with Crippen molar-refractivity contribution in [3.05, 3.63) is 119 Å². The van der Waals surface area contributed by atoms with Crippen LogP contribution in [0.3, 0.4) is 0 Å². The third kappa shape index (κ3) is 3.93. The Morgan fingerprint density at radius 2 is 1.26 bits per heavy atom. The van der Waals surface area contributed by atoms with Crippen LogP contribution in [-0.2, 0) is 6.61 Å². The van der Waals surface area contributed by atoms with E-state index in [-0.39, 0.29) is 6.61 Å². The zero-order valence-corrected chi connectivity index (χ0v) is 20.4. The fourth-order valence-corrected chi connectivity index (χ4v) is 5.07. The summed E-state index contributed by atoms with van der Waals surface area (Å²) in [4.78, 5) is 17.8. The maximum absolute atomic E-state index is 10.8. The van der Waals surface area contributed by atoms with Gasteiger partial charge in [-0.2, -0.15) is 0 Å². The van der Waals surface area contributed by atoms with Crippen molar-refractivity contribution < 1.29 is 5.11 Å². The van der Waals surface area contributed by atoms with Crippen molar-refractivity contribution in [2.75, 3.05) is 0 Å². The average molecular weight is 494 g/mol. The van der Waals surface area contributed by atoms with Crippen molar-refractivity contribution in [1.29, 1.82) is 0 Å². The van der Waals surface area contributed by atoms with Gasteiger partial charge in [-0.3, -0.25) is 4.57 Å². The first-order chi connectivity index (χ1) is 18.7. The molecule has 4 aromatic heterocycles. The van der Waals surface area contributed by atoms with Crippen LogP contribution in [0.4, 0.5) is 0 Å². The molecule has 2 aliphatic heterocycles. The highest BCUT2D eigenvalue weighted by Crippen LogP contribution is 2.37. The Labute approximate surface area is 219 Å². The van der Waals surface area contributed by atoms with Gasteiger partial charge < -0.3 is 10.1 Å². The van der Waals surface area contributed by atoms with E-state index in [9.17, 15) is 5.11 Å². The molecule has 7 rings (SSSR count). The molecule has 6 nitrogen and oxygen atoms in total. The van der Waals surface area contributed by atoms with E-state index in [1.807, 2.05) is 91.0 Å². The third-order valence-electron chi connectivity index (χ3n) is 6.72. The first-order valence-corrected chi connectivity index (χ1v) is 12.5. The number of fused-ring (bicyclic) bond motifs is 8. The number of aliphatic hydroxyl groups is 1. The topological polar surface area (TPSA) is 79.6 Å². The summed E-state index contributed by atoms with van der Waals surface area (Å²) in [5.74, 6) is 0.747. The Balaban J connectivity index is 1.70. The number of pyridine rings is 1. The Bertz CT molecular complexity index is 1900. The van der Waals surface area contributed by atoms with Gasteiger partial charge in [0.1, 0.15) is 5.82 Å². The second-order valence-corrected chi connectivity index (χ2v) is 9.21. The number of nitrogens with one attached hydrogen (secondary N) is 1. The molecule has 0 fully saturated rings. The fraction of sp³-hybridized carbons (Fsp3) is 0.0312. The number of benzene rings is 1. The molecule has 0 atom stereocenters. The van der Waals surface area contributed by atoms with Crippen LogP contribution < -0.4 is 0 Å². The number of hydrogen-bond acceptors (Lipinski definition) is 4. The van der Waals surface area contributed by atoms with Crippen molar-refractivity contribution >= 4 is 46.4 Å². The van der Waals surface area contributed by atoms with E-state index >= 15 is 0 Å². The Morgan fingerprint density at radius 1 is 0.658 bits per heavy atom. The number of aliphatic hydroxyl groups excluding tert-OH is 1. The average Bonchev–Trinajstić information content (AvgIpc) is 3.74. The summed E-state index contributed by atoms with van der Waals surface area (Å²) in [5, 5.41) is 10.8. The van der Waals surface area contributed by atoms with Crippen LogP contribution >= 0.6 is 0 Å². The molecule has 0 radical (unpaired) electrons. The van der Waals surface area contributed by atoms with Crippen molar-refractivity contribution in [3.8, 4) is 16.9 Å². The maximum atomic E-state index is 10.8. The lowest BCUT2D eigenvalue weighted by atomic mass is 10.0. The van der Waals surface area contributed by atoms with Crippen LogP contribution in [0.25, 0.3) is 63.3 Å². The number of H-pyrrole nitrogens is 1. The minimum absolute atomic E-state index is 0.144. The summed E-state index contributed by atoms with van der Waals surface area (Å²) in [6.45, 7) is -0.144. The van der Waals surface area contributed by atoms with Crippen LogP contribution in [-0.4, -0.2) is 29.6 Å². The van der Waals surface area contributed by atoms with Gasteiger partial charge in [0.05, 0.1) is 40.4 Å². The van der Waals surface area contributed by atoms with Gasteiger partial charge in [0, 0.05) is 28.4 Å². The zero-order valence-electron chi connectivity index (χ0n) is 20.4. The van der Waals surface area contributed by atoms with Crippen molar-refractivity contribution in [3.63, 3.8) is 0 Å². The Morgan fingerprint density at radius 3 is 1.87 bits per heavy atom. The SMILES string of the molecule is OCc1c(-c2ccccc2)c2cc3nc(cc4ccc(cc5nc(cc1n2-c1ccccn1)C=C5)[nH]4)C=C3. The highest BCUT2D eigenvalue weighted by atomic mass is 16.3. The van der Waals surface area contributed by atoms with E-state index in [4.69, 9.17) is 15.0 Å². The molecule has 6 heterocycles. The van der Waals surface area contributed by atoms with Gasteiger partial charge in [-0.05, 0) is 78.4 Å². The summed E-state index contributed by atoms with van der Waals surface area (Å²) < 4.78 is 2.09. The summed E-state index contributed by atoms with van der Waals surface area (Å²) in [5.41, 5.74) is 9.73. The molecule has 2 aliphatic rings.